The Kier molecular flexibility index (Phi) is 4.75. The molecule has 0 saturated carbocycles. The fourth-order valence-corrected chi connectivity index (χ4v) is 4.40. The summed E-state index contributed by atoms with van der Waals surface area (Å²) < 4.78 is 29.6. The summed E-state index contributed by atoms with van der Waals surface area (Å²) in [5, 5.41) is 3.09. The van der Waals surface area contributed by atoms with Crippen LogP contribution in [-0.2, 0) is 6.42 Å². The molecule has 3 rings (SSSR count). The van der Waals surface area contributed by atoms with Crippen molar-refractivity contribution in [3.05, 3.63) is 22.7 Å². The number of likely N-dealkylation sites (tertiary alicyclic amines) is 1. The summed E-state index contributed by atoms with van der Waals surface area (Å²) in [5.74, 6) is 3.29. The Bertz CT molecular complexity index is 804. The first kappa shape index (κ1) is 17.1. The molecule has 2 aromatic heterocycles. The number of halogens is 2. The van der Waals surface area contributed by atoms with E-state index in [9.17, 15) is 8.78 Å². The van der Waals surface area contributed by atoms with Crippen LogP contribution in [0.2, 0.25) is 0 Å². The van der Waals surface area contributed by atoms with Crippen molar-refractivity contribution in [2.45, 2.75) is 38.7 Å². The zero-order chi connectivity index (χ0) is 17.3. The summed E-state index contributed by atoms with van der Waals surface area (Å²) in [6.07, 6.45) is 2.93. The van der Waals surface area contributed by atoms with Gasteiger partial charge in [-0.2, -0.15) is 0 Å². The maximum absolute atomic E-state index is 14.3. The van der Waals surface area contributed by atoms with Gasteiger partial charge in [0.2, 0.25) is 0 Å². The molecule has 0 radical (unpaired) electrons. The molecule has 1 N–H and O–H groups in total. The largest absolute Gasteiger partial charge is 0.375 e. The molecule has 0 aromatic carbocycles. The average molecular weight is 349 g/mol. The zero-order valence-electron chi connectivity index (χ0n) is 14.1. The van der Waals surface area contributed by atoms with E-state index >= 15 is 0 Å². The second-order valence-electron chi connectivity index (χ2n) is 6.16. The van der Waals surface area contributed by atoms with Crippen LogP contribution in [0, 0.1) is 11.8 Å². The van der Waals surface area contributed by atoms with Crippen LogP contribution in [0.1, 0.15) is 30.7 Å². The number of aromatic nitrogens is 1. The van der Waals surface area contributed by atoms with Gasteiger partial charge in [-0.3, -0.25) is 4.98 Å². The lowest BCUT2D eigenvalue weighted by atomic mass is 10.0. The van der Waals surface area contributed by atoms with E-state index in [2.05, 4.69) is 29.1 Å². The van der Waals surface area contributed by atoms with Gasteiger partial charge in [0.15, 0.2) is 0 Å². The Morgan fingerprint density at radius 1 is 1.50 bits per heavy atom. The van der Waals surface area contributed by atoms with E-state index in [-0.39, 0.29) is 6.54 Å². The van der Waals surface area contributed by atoms with E-state index < -0.39 is 12.0 Å². The van der Waals surface area contributed by atoms with Crippen molar-refractivity contribution in [1.82, 2.24) is 9.88 Å². The molecule has 0 bridgehead atoms. The number of hydrogen-bond acceptors (Lipinski definition) is 4. The van der Waals surface area contributed by atoms with Crippen LogP contribution < -0.4 is 5.32 Å². The summed E-state index contributed by atoms with van der Waals surface area (Å²) in [6, 6.07) is 0.933. The van der Waals surface area contributed by atoms with Gasteiger partial charge < -0.3 is 10.2 Å². The molecule has 1 unspecified atom stereocenters. The Morgan fingerprint density at radius 3 is 2.96 bits per heavy atom. The van der Waals surface area contributed by atoms with E-state index in [0.717, 1.165) is 32.8 Å². The Balaban J connectivity index is 1.99. The molecule has 0 spiro atoms. The van der Waals surface area contributed by atoms with E-state index in [1.165, 1.54) is 11.3 Å². The van der Waals surface area contributed by atoms with Crippen molar-refractivity contribution in [1.29, 1.82) is 0 Å². The van der Waals surface area contributed by atoms with Gasteiger partial charge >= 0.3 is 0 Å². The number of anilines is 1. The third-order valence-electron chi connectivity index (χ3n) is 4.38. The molecule has 3 heterocycles. The Morgan fingerprint density at radius 2 is 2.29 bits per heavy atom. The number of nitrogens with one attached hydrogen (secondary N) is 1. The van der Waals surface area contributed by atoms with E-state index in [1.807, 2.05) is 0 Å². The van der Waals surface area contributed by atoms with E-state index in [1.54, 1.807) is 31.1 Å². The minimum absolute atomic E-state index is 0.212. The number of aryl methyl sites for hydroxylation is 1. The molecule has 0 amide bonds. The Hall–Kier alpha value is -1.71. The first-order chi connectivity index (χ1) is 11.5. The molecule has 3 nitrogen and oxygen atoms in total. The first-order valence-electron chi connectivity index (χ1n) is 8.12. The summed E-state index contributed by atoms with van der Waals surface area (Å²) in [6.45, 7) is 4.32. The zero-order valence-corrected chi connectivity index (χ0v) is 14.9. The van der Waals surface area contributed by atoms with Crippen LogP contribution in [0.25, 0.3) is 10.2 Å². The summed E-state index contributed by atoms with van der Waals surface area (Å²) >= 11 is 1.54. The van der Waals surface area contributed by atoms with Crippen LogP contribution in [0.3, 0.4) is 0 Å². The topological polar surface area (TPSA) is 28.2 Å². The predicted octanol–water partition coefficient (Wildman–Crippen LogP) is 3.98. The fraction of sp³-hybridized carbons (Fsp3) is 0.500. The number of piperidine rings is 1. The van der Waals surface area contributed by atoms with Crippen molar-refractivity contribution in [3.63, 3.8) is 0 Å². The fourth-order valence-electron chi connectivity index (χ4n) is 3.17. The molecule has 2 aromatic rings. The summed E-state index contributed by atoms with van der Waals surface area (Å²) in [4.78, 5) is 7.12. The van der Waals surface area contributed by atoms with Gasteiger partial charge in [0.25, 0.3) is 5.92 Å². The minimum atomic E-state index is -2.75. The van der Waals surface area contributed by atoms with Gasteiger partial charge in [0, 0.05) is 18.3 Å². The minimum Gasteiger partial charge on any atom is -0.375 e. The number of nitrogens with zero attached hydrogens (tertiary/aromatic N) is 2. The van der Waals surface area contributed by atoms with Gasteiger partial charge in [0.1, 0.15) is 0 Å². The lowest BCUT2D eigenvalue weighted by Crippen LogP contribution is -2.53. The van der Waals surface area contributed by atoms with Crippen LogP contribution in [0.4, 0.5) is 14.5 Å². The number of fused-ring (bicyclic) bond motifs is 1. The second-order valence-corrected chi connectivity index (χ2v) is 7.18. The average Bonchev–Trinajstić information content (AvgIpc) is 2.88. The van der Waals surface area contributed by atoms with Gasteiger partial charge in [-0.25, -0.2) is 8.78 Å². The van der Waals surface area contributed by atoms with Gasteiger partial charge in [-0.1, -0.05) is 12.8 Å². The molecular weight excluding hydrogens is 328 g/mol. The third-order valence-corrected chi connectivity index (χ3v) is 5.55. The normalized spacial score (nSPS) is 20.6. The maximum atomic E-state index is 14.3. The molecule has 1 aliphatic rings. The highest BCUT2D eigenvalue weighted by molar-refractivity contribution is 7.20. The lowest BCUT2D eigenvalue weighted by molar-refractivity contribution is -0.0672. The van der Waals surface area contributed by atoms with Crippen LogP contribution in [0.5, 0.6) is 0 Å². The number of pyridine rings is 1. The molecule has 1 fully saturated rings. The molecule has 0 aliphatic carbocycles. The Labute approximate surface area is 145 Å². The number of rotatable bonds is 3. The van der Waals surface area contributed by atoms with E-state index in [4.69, 9.17) is 0 Å². The smallest absolute Gasteiger partial charge is 0.280 e. The standard InChI is InChI=1S/C18H21F2N3S/c1-4-6-14-12(5-2)16-17(24-14)13(7-9-21-16)22-15-8-10-23(3)11-18(15,19)20/h7,9,15H,5,8,10-11H2,1-3H3,(H,21,22). The summed E-state index contributed by atoms with van der Waals surface area (Å²) in [5.41, 5.74) is 2.71. The van der Waals surface area contributed by atoms with Crippen molar-refractivity contribution in [2.75, 3.05) is 25.5 Å². The monoisotopic (exact) mass is 349 g/mol. The predicted molar refractivity (Wildman–Crippen MR) is 96.0 cm³/mol. The van der Waals surface area contributed by atoms with Gasteiger partial charge in [0.05, 0.1) is 33.4 Å². The maximum Gasteiger partial charge on any atom is 0.280 e. The molecule has 24 heavy (non-hydrogen) atoms. The lowest BCUT2D eigenvalue weighted by Gasteiger charge is -2.37. The highest BCUT2D eigenvalue weighted by Gasteiger charge is 2.43. The molecule has 1 atom stereocenters. The molecular formula is C18H21F2N3S. The number of alkyl halides is 2. The van der Waals surface area contributed by atoms with Crippen molar-refractivity contribution in [3.8, 4) is 11.8 Å². The van der Waals surface area contributed by atoms with Crippen LogP contribution in [0.15, 0.2) is 12.3 Å². The first-order valence-corrected chi connectivity index (χ1v) is 8.94. The van der Waals surface area contributed by atoms with Crippen molar-refractivity contribution in [2.24, 2.45) is 0 Å². The van der Waals surface area contributed by atoms with Gasteiger partial charge in [-0.05, 0) is 32.9 Å². The number of hydrogen-bond donors (Lipinski definition) is 1. The van der Waals surface area contributed by atoms with Crippen molar-refractivity contribution >= 4 is 27.2 Å². The van der Waals surface area contributed by atoms with Gasteiger partial charge in [-0.15, -0.1) is 17.3 Å². The van der Waals surface area contributed by atoms with Crippen LogP contribution >= 0.6 is 11.3 Å². The third kappa shape index (κ3) is 3.11. The van der Waals surface area contributed by atoms with E-state index in [0.29, 0.717) is 13.0 Å². The molecule has 6 heteroatoms. The highest BCUT2D eigenvalue weighted by atomic mass is 32.1. The SMILES string of the molecule is CC#Cc1sc2c(NC3CCN(C)CC3(F)F)ccnc2c1CC. The van der Waals surface area contributed by atoms with Crippen LogP contribution in [-0.4, -0.2) is 42.0 Å². The number of thiophene rings is 1. The quantitative estimate of drug-likeness (QED) is 0.850. The van der Waals surface area contributed by atoms with Crippen molar-refractivity contribution < 1.29 is 8.78 Å². The molecule has 1 saturated heterocycles. The molecule has 128 valence electrons. The second kappa shape index (κ2) is 6.66. The molecule has 1 aliphatic heterocycles. The highest BCUT2D eigenvalue weighted by Crippen LogP contribution is 2.37. The summed E-state index contributed by atoms with van der Waals surface area (Å²) in [7, 11) is 1.73.